The summed E-state index contributed by atoms with van der Waals surface area (Å²) in [5, 5.41) is 0. The van der Waals surface area contributed by atoms with Gasteiger partial charge in [-0.25, -0.2) is 4.85 Å². The van der Waals surface area contributed by atoms with Gasteiger partial charge < -0.3 is 0 Å². The Morgan fingerprint density at radius 3 is 2.42 bits per heavy atom. The van der Waals surface area contributed by atoms with Crippen LogP contribution in [-0.4, -0.2) is 0 Å². The molecule has 0 bridgehead atoms. The summed E-state index contributed by atoms with van der Waals surface area (Å²) >= 11 is 0. The Hall–Kier alpha value is -1.55. The van der Waals surface area contributed by atoms with Gasteiger partial charge in [0.25, 0.3) is 0 Å². The second-order valence-electron chi connectivity index (χ2n) is 5.53. The molecule has 1 heteroatoms. The normalized spacial score (nSPS) is 23.4. The molecule has 0 atom stereocenters. The minimum Gasteiger partial charge on any atom is -0.238 e. The molecule has 0 heterocycles. The van der Waals surface area contributed by atoms with E-state index in [-0.39, 0.29) is 0 Å². The summed E-state index contributed by atoms with van der Waals surface area (Å²) in [5.41, 5.74) is 2.17. The zero-order valence-electron chi connectivity index (χ0n) is 11.8. The van der Waals surface area contributed by atoms with E-state index in [9.17, 15) is 0 Å². The Labute approximate surface area is 117 Å². The Morgan fingerprint density at radius 2 is 1.84 bits per heavy atom. The number of rotatable bonds is 4. The summed E-state index contributed by atoms with van der Waals surface area (Å²) in [7, 11) is 0. The van der Waals surface area contributed by atoms with Crippen molar-refractivity contribution in [3.05, 3.63) is 53.4 Å². The molecule has 1 aromatic carbocycles. The summed E-state index contributed by atoms with van der Waals surface area (Å²) in [6.45, 7) is 9.21. The van der Waals surface area contributed by atoms with Crippen molar-refractivity contribution < 1.29 is 0 Å². The van der Waals surface area contributed by atoms with Crippen LogP contribution in [0, 0.1) is 12.5 Å². The molecule has 0 aliphatic heterocycles. The van der Waals surface area contributed by atoms with Gasteiger partial charge in [0.15, 0.2) is 5.69 Å². The van der Waals surface area contributed by atoms with Crippen LogP contribution in [0.2, 0.25) is 0 Å². The first-order valence-electron chi connectivity index (χ1n) is 7.47. The van der Waals surface area contributed by atoms with E-state index in [1.54, 1.807) is 0 Å². The maximum atomic E-state index is 6.98. The van der Waals surface area contributed by atoms with Crippen molar-refractivity contribution in [3.8, 4) is 0 Å². The number of hydrogen-bond donors (Lipinski definition) is 0. The molecule has 100 valence electrons. The van der Waals surface area contributed by atoms with Crippen LogP contribution in [0.1, 0.15) is 56.9 Å². The van der Waals surface area contributed by atoms with E-state index >= 15 is 0 Å². The molecule has 0 N–H and O–H groups in total. The van der Waals surface area contributed by atoms with Crippen molar-refractivity contribution in [1.82, 2.24) is 0 Å². The Morgan fingerprint density at radius 1 is 1.16 bits per heavy atom. The number of hydrogen-bond acceptors (Lipinski definition) is 0. The van der Waals surface area contributed by atoms with Gasteiger partial charge in [0, 0.05) is 0 Å². The maximum Gasteiger partial charge on any atom is 0.187 e. The topological polar surface area (TPSA) is 4.36 Å². The van der Waals surface area contributed by atoms with E-state index in [0.717, 1.165) is 11.6 Å². The van der Waals surface area contributed by atoms with Crippen LogP contribution >= 0.6 is 0 Å². The third kappa shape index (κ3) is 3.96. The lowest BCUT2D eigenvalue weighted by Gasteiger charge is -2.27. The highest BCUT2D eigenvalue weighted by Crippen LogP contribution is 2.36. The molecule has 0 saturated heterocycles. The molecule has 1 fully saturated rings. The summed E-state index contributed by atoms with van der Waals surface area (Å²) in [4.78, 5) is 3.45. The van der Waals surface area contributed by atoms with Crippen LogP contribution in [0.4, 0.5) is 5.69 Å². The lowest BCUT2D eigenvalue weighted by molar-refractivity contribution is 0.375. The number of nitrogens with zero attached hydrogens (tertiary/aromatic N) is 1. The zero-order chi connectivity index (χ0) is 13.5. The molecule has 1 nitrogen and oxygen atoms in total. The minimum absolute atomic E-state index is 0.704. The van der Waals surface area contributed by atoms with Gasteiger partial charge in [0.05, 0.1) is 6.57 Å². The molecule has 2 rings (SSSR count). The maximum absolute atomic E-state index is 6.98. The largest absolute Gasteiger partial charge is 0.238 e. The van der Waals surface area contributed by atoms with Crippen LogP contribution in [0.15, 0.2) is 36.4 Å². The molecule has 1 aromatic rings. The first-order chi connectivity index (χ1) is 9.33. The second kappa shape index (κ2) is 7.14. The highest BCUT2D eigenvalue weighted by atomic mass is 14.6. The first-order valence-corrected chi connectivity index (χ1v) is 7.47. The Kier molecular flexibility index (Phi) is 5.21. The van der Waals surface area contributed by atoms with Gasteiger partial charge in [-0.3, -0.25) is 0 Å². The molecule has 0 unspecified atom stereocenters. The van der Waals surface area contributed by atoms with Crippen LogP contribution in [0.5, 0.6) is 0 Å². The molecule has 1 aliphatic rings. The van der Waals surface area contributed by atoms with E-state index < -0.39 is 0 Å². The third-order valence-corrected chi connectivity index (χ3v) is 4.13. The van der Waals surface area contributed by atoms with Gasteiger partial charge in [-0.1, -0.05) is 49.8 Å². The van der Waals surface area contributed by atoms with Crippen molar-refractivity contribution in [2.75, 3.05) is 0 Å². The predicted molar refractivity (Wildman–Crippen MR) is 81.5 cm³/mol. The average molecular weight is 253 g/mol. The van der Waals surface area contributed by atoms with Crippen LogP contribution < -0.4 is 0 Å². The van der Waals surface area contributed by atoms with Crippen LogP contribution in [-0.2, 0) is 0 Å². The smallest absolute Gasteiger partial charge is 0.187 e. The fourth-order valence-electron chi connectivity index (χ4n) is 2.92. The lowest BCUT2D eigenvalue weighted by Crippen LogP contribution is -2.11. The summed E-state index contributed by atoms with van der Waals surface area (Å²) in [6.07, 6.45) is 12.5. The SMILES string of the molecule is [C-]#[N+]c1ccc(C2CCC(/C=C/CCC)CC2)cc1. The molecular weight excluding hydrogens is 230 g/mol. The van der Waals surface area contributed by atoms with Gasteiger partial charge in [-0.15, -0.1) is 0 Å². The first kappa shape index (κ1) is 13.9. The predicted octanol–water partition coefficient (Wildman–Crippen LogP) is 5.87. The van der Waals surface area contributed by atoms with Gasteiger partial charge in [0.1, 0.15) is 0 Å². The Balaban J connectivity index is 1.87. The molecule has 19 heavy (non-hydrogen) atoms. The van der Waals surface area contributed by atoms with E-state index in [2.05, 4.69) is 36.1 Å². The molecule has 1 aliphatic carbocycles. The molecule has 0 spiro atoms. The second-order valence-corrected chi connectivity index (χ2v) is 5.53. The third-order valence-electron chi connectivity index (χ3n) is 4.13. The van der Waals surface area contributed by atoms with Crippen molar-refractivity contribution in [2.45, 2.75) is 51.4 Å². The van der Waals surface area contributed by atoms with Crippen molar-refractivity contribution >= 4 is 5.69 Å². The molecule has 0 radical (unpaired) electrons. The van der Waals surface area contributed by atoms with Gasteiger partial charge >= 0.3 is 0 Å². The van der Waals surface area contributed by atoms with Gasteiger partial charge in [-0.2, -0.15) is 0 Å². The quantitative estimate of drug-likeness (QED) is 0.467. The lowest BCUT2D eigenvalue weighted by atomic mass is 9.78. The van der Waals surface area contributed by atoms with Gasteiger partial charge in [-0.05, 0) is 49.5 Å². The summed E-state index contributed by atoms with van der Waals surface area (Å²) in [6, 6.07) is 8.20. The van der Waals surface area contributed by atoms with E-state index in [0.29, 0.717) is 5.92 Å². The number of allylic oxidation sites excluding steroid dienone is 2. The van der Waals surface area contributed by atoms with Crippen molar-refractivity contribution in [2.24, 2.45) is 5.92 Å². The summed E-state index contributed by atoms with van der Waals surface area (Å²) in [5.74, 6) is 1.50. The molecular formula is C18H23N. The van der Waals surface area contributed by atoms with E-state index in [4.69, 9.17) is 6.57 Å². The summed E-state index contributed by atoms with van der Waals surface area (Å²) < 4.78 is 0. The van der Waals surface area contributed by atoms with Crippen LogP contribution in [0.25, 0.3) is 4.85 Å². The van der Waals surface area contributed by atoms with Crippen LogP contribution in [0.3, 0.4) is 0 Å². The van der Waals surface area contributed by atoms with Crippen molar-refractivity contribution in [3.63, 3.8) is 0 Å². The average Bonchev–Trinajstić information content (AvgIpc) is 2.48. The van der Waals surface area contributed by atoms with Crippen molar-refractivity contribution in [1.29, 1.82) is 0 Å². The number of benzene rings is 1. The molecule has 1 saturated carbocycles. The standard InChI is InChI=1S/C18H23N/c1-3-4-5-6-15-7-9-16(10-8-15)17-11-13-18(19-2)14-12-17/h5-6,11-16H,3-4,7-10H2,1H3/b6-5+. The fourth-order valence-corrected chi connectivity index (χ4v) is 2.92. The Bertz CT molecular complexity index is 442. The highest BCUT2D eigenvalue weighted by molar-refractivity contribution is 5.46. The molecule has 0 aromatic heterocycles. The molecule has 0 amide bonds. The van der Waals surface area contributed by atoms with E-state index in [1.165, 1.54) is 44.1 Å². The minimum atomic E-state index is 0.704. The van der Waals surface area contributed by atoms with Gasteiger partial charge in [0.2, 0.25) is 0 Å². The number of unbranched alkanes of at least 4 members (excludes halogenated alkanes) is 1. The fraction of sp³-hybridized carbons (Fsp3) is 0.500. The zero-order valence-corrected chi connectivity index (χ0v) is 11.8. The monoisotopic (exact) mass is 253 g/mol. The van der Waals surface area contributed by atoms with E-state index in [1.807, 2.05) is 12.1 Å². The highest BCUT2D eigenvalue weighted by Gasteiger charge is 2.20.